The molecule has 0 amide bonds. The number of halogens is 2. The number of aromatic nitrogens is 5. The molecule has 0 fully saturated rings. The van der Waals surface area contributed by atoms with Gasteiger partial charge in [-0.1, -0.05) is 23.7 Å². The van der Waals surface area contributed by atoms with E-state index in [1.807, 2.05) is 4.57 Å². The van der Waals surface area contributed by atoms with Gasteiger partial charge in [-0.2, -0.15) is 0 Å². The van der Waals surface area contributed by atoms with Crippen LogP contribution < -0.4 is 0 Å². The Labute approximate surface area is 170 Å². The molecule has 0 aliphatic heterocycles. The largest absolute Gasteiger partial charge is 0.465 e. The Morgan fingerprint density at radius 1 is 1.17 bits per heavy atom. The summed E-state index contributed by atoms with van der Waals surface area (Å²) in [5, 5.41) is 0.220. The van der Waals surface area contributed by atoms with Crippen LogP contribution >= 0.6 is 11.6 Å². The molecule has 0 bridgehead atoms. The lowest BCUT2D eigenvalue weighted by molar-refractivity contribution is 0.0600. The normalized spacial score (nSPS) is 11.0. The van der Waals surface area contributed by atoms with E-state index in [0.29, 0.717) is 40.5 Å². The van der Waals surface area contributed by atoms with Crippen molar-refractivity contribution in [2.24, 2.45) is 0 Å². The fraction of sp³-hybridized carbons (Fsp3) is 0.150. The van der Waals surface area contributed by atoms with Gasteiger partial charge >= 0.3 is 5.97 Å². The van der Waals surface area contributed by atoms with Crippen LogP contribution in [-0.2, 0) is 11.3 Å². The van der Waals surface area contributed by atoms with Gasteiger partial charge in [-0.25, -0.2) is 24.1 Å². The zero-order valence-corrected chi connectivity index (χ0v) is 16.3. The maximum atomic E-state index is 13.8. The first kappa shape index (κ1) is 18.9. The molecule has 4 aromatic rings. The summed E-state index contributed by atoms with van der Waals surface area (Å²) in [5.41, 5.74) is 2.77. The second-order valence-electron chi connectivity index (χ2n) is 6.34. The molecule has 0 saturated heterocycles. The van der Waals surface area contributed by atoms with E-state index >= 15 is 0 Å². The fourth-order valence-electron chi connectivity index (χ4n) is 3.02. The van der Waals surface area contributed by atoms with E-state index in [0.717, 1.165) is 11.8 Å². The van der Waals surface area contributed by atoms with Crippen LogP contribution in [0.25, 0.3) is 22.6 Å². The minimum absolute atomic E-state index is 0.220. The highest BCUT2D eigenvalue weighted by atomic mass is 35.5. The molecular formula is C20H15ClFN5O2. The number of hydrogen-bond donors (Lipinski definition) is 0. The minimum atomic E-state index is -0.475. The molecule has 0 aliphatic rings. The smallest absolute Gasteiger partial charge is 0.337 e. The first-order valence-electron chi connectivity index (χ1n) is 8.65. The van der Waals surface area contributed by atoms with Gasteiger partial charge in [0.1, 0.15) is 23.0 Å². The first-order chi connectivity index (χ1) is 14.0. The van der Waals surface area contributed by atoms with Crippen molar-refractivity contribution in [1.29, 1.82) is 0 Å². The number of nitrogens with zero attached hydrogens (tertiary/aromatic N) is 5. The molecule has 9 heteroatoms. The molecule has 0 aliphatic carbocycles. The van der Waals surface area contributed by atoms with Gasteiger partial charge in [0.25, 0.3) is 0 Å². The number of fused-ring (bicyclic) bond motifs is 1. The van der Waals surface area contributed by atoms with Gasteiger partial charge in [-0.15, -0.1) is 0 Å². The van der Waals surface area contributed by atoms with E-state index in [2.05, 4.69) is 19.9 Å². The minimum Gasteiger partial charge on any atom is -0.465 e. The van der Waals surface area contributed by atoms with E-state index in [-0.39, 0.29) is 5.15 Å². The molecule has 1 aromatic carbocycles. The molecule has 3 heterocycles. The Morgan fingerprint density at radius 2 is 1.93 bits per heavy atom. The van der Waals surface area contributed by atoms with Crippen molar-refractivity contribution in [2.75, 3.05) is 7.11 Å². The number of methoxy groups -OCH3 is 1. The van der Waals surface area contributed by atoms with Crippen molar-refractivity contribution >= 4 is 28.7 Å². The van der Waals surface area contributed by atoms with Crippen LogP contribution in [0.15, 0.2) is 42.7 Å². The number of ether oxygens (including phenoxy) is 1. The summed E-state index contributed by atoms with van der Waals surface area (Å²) < 4.78 is 20.3. The predicted octanol–water partition coefficient (Wildman–Crippen LogP) is 3.82. The Hall–Kier alpha value is -3.39. The summed E-state index contributed by atoms with van der Waals surface area (Å²) in [6.45, 7) is 2.10. The topological polar surface area (TPSA) is 82.8 Å². The number of aryl methyl sites for hydroxylation is 1. The summed E-state index contributed by atoms with van der Waals surface area (Å²) in [5.74, 6) is 0.0719. The van der Waals surface area contributed by atoms with E-state index in [1.54, 1.807) is 31.2 Å². The molecule has 0 unspecified atom stereocenters. The molecule has 0 saturated carbocycles. The van der Waals surface area contributed by atoms with Gasteiger partial charge in [0, 0.05) is 11.8 Å². The Kier molecular flexibility index (Phi) is 4.94. The van der Waals surface area contributed by atoms with E-state index < -0.39 is 11.8 Å². The number of benzene rings is 1. The summed E-state index contributed by atoms with van der Waals surface area (Å²) in [6, 6.07) is 8.32. The second-order valence-corrected chi connectivity index (χ2v) is 6.69. The molecular weight excluding hydrogens is 397 g/mol. The van der Waals surface area contributed by atoms with E-state index in [9.17, 15) is 9.18 Å². The lowest BCUT2D eigenvalue weighted by atomic mass is 10.1. The number of esters is 1. The van der Waals surface area contributed by atoms with Crippen LogP contribution in [0.1, 0.15) is 21.7 Å². The van der Waals surface area contributed by atoms with Crippen molar-refractivity contribution in [3.63, 3.8) is 0 Å². The number of hydrogen-bond acceptors (Lipinski definition) is 6. The van der Waals surface area contributed by atoms with Gasteiger partial charge in [-0.05, 0) is 30.7 Å². The first-order valence-corrected chi connectivity index (χ1v) is 9.02. The van der Waals surface area contributed by atoms with Crippen molar-refractivity contribution < 1.29 is 13.9 Å². The van der Waals surface area contributed by atoms with Crippen LogP contribution in [0.5, 0.6) is 0 Å². The van der Waals surface area contributed by atoms with Crippen LogP contribution in [0.3, 0.4) is 0 Å². The predicted molar refractivity (Wildman–Crippen MR) is 105 cm³/mol. The molecule has 4 rings (SSSR count). The standard InChI is InChI=1S/C20H15ClFN5O2/c1-11-24-17(21)16-19(25-11)27(18(26-16)14-7-15(22)9-23-8-14)10-12-3-5-13(6-4-12)20(28)29-2/h3-9H,10H2,1-2H3. The quantitative estimate of drug-likeness (QED) is 0.375. The summed E-state index contributed by atoms with van der Waals surface area (Å²) in [6.07, 6.45) is 2.65. The lowest BCUT2D eigenvalue weighted by Gasteiger charge is -2.10. The van der Waals surface area contributed by atoms with Gasteiger partial charge in [0.05, 0.1) is 25.4 Å². The number of carbonyl (C=O) groups excluding carboxylic acids is 1. The number of imidazole rings is 1. The van der Waals surface area contributed by atoms with Gasteiger partial charge < -0.3 is 9.30 Å². The summed E-state index contributed by atoms with van der Waals surface area (Å²) in [4.78, 5) is 28.7. The van der Waals surface area contributed by atoms with Crippen molar-refractivity contribution in [1.82, 2.24) is 24.5 Å². The van der Waals surface area contributed by atoms with Crippen molar-refractivity contribution in [3.05, 3.63) is 70.6 Å². The Morgan fingerprint density at radius 3 is 2.62 bits per heavy atom. The highest BCUT2D eigenvalue weighted by Gasteiger charge is 2.18. The zero-order chi connectivity index (χ0) is 20.5. The monoisotopic (exact) mass is 411 g/mol. The maximum Gasteiger partial charge on any atom is 0.337 e. The average molecular weight is 412 g/mol. The van der Waals surface area contributed by atoms with Crippen molar-refractivity contribution in [2.45, 2.75) is 13.5 Å². The summed E-state index contributed by atoms with van der Waals surface area (Å²) >= 11 is 6.27. The summed E-state index contributed by atoms with van der Waals surface area (Å²) in [7, 11) is 1.33. The van der Waals surface area contributed by atoms with Crippen LogP contribution in [0, 0.1) is 12.7 Å². The van der Waals surface area contributed by atoms with Gasteiger partial charge in [0.15, 0.2) is 10.8 Å². The van der Waals surface area contributed by atoms with Crippen molar-refractivity contribution in [3.8, 4) is 11.4 Å². The molecule has 0 spiro atoms. The molecule has 146 valence electrons. The average Bonchev–Trinajstić information content (AvgIpc) is 3.06. The maximum absolute atomic E-state index is 13.8. The SMILES string of the molecule is COC(=O)c1ccc(Cn2c(-c3cncc(F)c3)nc3c(Cl)nc(C)nc32)cc1. The van der Waals surface area contributed by atoms with Crippen LogP contribution in [-0.4, -0.2) is 37.6 Å². The molecule has 0 N–H and O–H groups in total. The zero-order valence-electron chi connectivity index (χ0n) is 15.6. The number of pyridine rings is 1. The molecule has 3 aromatic heterocycles. The van der Waals surface area contributed by atoms with Crippen LogP contribution in [0.4, 0.5) is 4.39 Å². The number of carbonyl (C=O) groups is 1. The highest BCUT2D eigenvalue weighted by Crippen LogP contribution is 2.28. The number of rotatable bonds is 4. The van der Waals surface area contributed by atoms with Crippen LogP contribution in [0.2, 0.25) is 5.15 Å². The lowest BCUT2D eigenvalue weighted by Crippen LogP contribution is -2.06. The third kappa shape index (κ3) is 3.66. The van der Waals surface area contributed by atoms with Gasteiger partial charge in [-0.3, -0.25) is 4.98 Å². The van der Waals surface area contributed by atoms with E-state index in [4.69, 9.17) is 16.3 Å². The molecule has 0 radical (unpaired) electrons. The molecule has 29 heavy (non-hydrogen) atoms. The fourth-order valence-corrected chi connectivity index (χ4v) is 3.27. The third-order valence-electron chi connectivity index (χ3n) is 4.34. The Balaban J connectivity index is 1.85. The molecule has 7 nitrogen and oxygen atoms in total. The molecule has 0 atom stereocenters. The third-order valence-corrected chi connectivity index (χ3v) is 4.61. The second kappa shape index (κ2) is 7.56. The Bertz CT molecular complexity index is 1220. The van der Waals surface area contributed by atoms with Gasteiger partial charge in [0.2, 0.25) is 0 Å². The van der Waals surface area contributed by atoms with E-state index in [1.165, 1.54) is 19.4 Å². The highest BCUT2D eigenvalue weighted by molar-refractivity contribution is 6.33.